The first-order valence-corrected chi connectivity index (χ1v) is 9.95. The Morgan fingerprint density at radius 3 is 2.27 bits per heavy atom. The molecule has 0 saturated carbocycles. The molecule has 0 spiro atoms. The molecule has 0 aliphatic carbocycles. The number of H-pyrrole nitrogens is 1. The van der Waals surface area contributed by atoms with E-state index in [1.165, 1.54) is 36.4 Å². The van der Waals surface area contributed by atoms with E-state index in [4.69, 9.17) is 0 Å². The summed E-state index contributed by atoms with van der Waals surface area (Å²) in [7, 11) is 0. The summed E-state index contributed by atoms with van der Waals surface area (Å²) >= 11 is 0. The number of carbonyl (C=O) groups is 2. The number of hydrogen-bond donors (Lipinski definition) is 1. The molecule has 2 heterocycles. The summed E-state index contributed by atoms with van der Waals surface area (Å²) in [5.41, 5.74) is 1.22. The lowest BCUT2D eigenvalue weighted by Gasteiger charge is -2.34. The van der Waals surface area contributed by atoms with Crippen molar-refractivity contribution in [3.8, 4) is 0 Å². The molecule has 30 heavy (non-hydrogen) atoms. The van der Waals surface area contributed by atoms with Gasteiger partial charge in [-0.05, 0) is 42.5 Å². The van der Waals surface area contributed by atoms with Crippen molar-refractivity contribution in [1.29, 1.82) is 0 Å². The number of hydrogen-bond acceptors (Lipinski definition) is 4. The van der Waals surface area contributed by atoms with Crippen molar-refractivity contribution < 1.29 is 18.4 Å². The van der Waals surface area contributed by atoms with Crippen LogP contribution in [0.1, 0.15) is 34.7 Å². The topological polar surface area (TPSA) is 69.3 Å². The maximum Gasteiger partial charge on any atom is 0.275 e. The fourth-order valence-electron chi connectivity index (χ4n) is 3.34. The van der Waals surface area contributed by atoms with E-state index in [-0.39, 0.29) is 29.7 Å². The third-order valence-electron chi connectivity index (χ3n) is 4.92. The molecule has 6 nitrogen and oxygen atoms in total. The van der Waals surface area contributed by atoms with Gasteiger partial charge in [-0.2, -0.15) is 5.10 Å². The first-order chi connectivity index (χ1) is 14.5. The first kappa shape index (κ1) is 21.6. The quantitative estimate of drug-likeness (QED) is 0.664. The van der Waals surface area contributed by atoms with E-state index in [2.05, 4.69) is 10.2 Å². The van der Waals surface area contributed by atoms with E-state index in [1.807, 2.05) is 18.7 Å². The van der Waals surface area contributed by atoms with Crippen LogP contribution in [-0.4, -0.2) is 64.4 Å². The van der Waals surface area contributed by atoms with Gasteiger partial charge in [-0.1, -0.05) is 13.8 Å². The lowest BCUT2D eigenvalue weighted by molar-refractivity contribution is 0.0621. The van der Waals surface area contributed by atoms with Gasteiger partial charge in [0.05, 0.1) is 12.1 Å². The summed E-state index contributed by atoms with van der Waals surface area (Å²) < 4.78 is 26.3. The van der Waals surface area contributed by atoms with Gasteiger partial charge in [0.15, 0.2) is 11.5 Å². The number of aromatic amines is 1. The Kier molecular flexibility index (Phi) is 6.89. The molecule has 0 bridgehead atoms. The van der Waals surface area contributed by atoms with Crippen molar-refractivity contribution in [2.24, 2.45) is 0 Å². The van der Waals surface area contributed by atoms with Crippen LogP contribution in [0.2, 0.25) is 0 Å². The van der Waals surface area contributed by atoms with Crippen LogP contribution in [0.15, 0.2) is 42.5 Å². The van der Waals surface area contributed by atoms with Crippen LogP contribution in [0.5, 0.6) is 0 Å². The number of amides is 1. The van der Waals surface area contributed by atoms with E-state index < -0.39 is 5.82 Å². The number of nitrogens with zero attached hydrogens (tertiary/aromatic N) is 3. The number of aromatic nitrogens is 2. The van der Waals surface area contributed by atoms with Gasteiger partial charge in [0.1, 0.15) is 11.6 Å². The van der Waals surface area contributed by atoms with Crippen LogP contribution in [0.25, 0.3) is 10.9 Å². The number of ketones is 1. The van der Waals surface area contributed by atoms with E-state index in [0.29, 0.717) is 42.6 Å². The average molecular weight is 414 g/mol. The number of nitrogens with one attached hydrogen (secondary N) is 1. The van der Waals surface area contributed by atoms with Crippen molar-refractivity contribution >= 4 is 22.6 Å². The highest BCUT2D eigenvalue weighted by molar-refractivity contribution is 6.04. The lowest BCUT2D eigenvalue weighted by Crippen LogP contribution is -2.50. The number of piperazine rings is 1. The molecule has 1 aliphatic rings. The molecular weight excluding hydrogens is 390 g/mol. The van der Waals surface area contributed by atoms with Crippen molar-refractivity contribution in [2.75, 3.05) is 32.7 Å². The van der Waals surface area contributed by atoms with Gasteiger partial charge in [0.25, 0.3) is 5.91 Å². The van der Waals surface area contributed by atoms with E-state index in [1.54, 1.807) is 11.0 Å². The molecule has 0 unspecified atom stereocenters. The SMILES string of the molecule is CC.O=C(CN1CCN(C(=O)c2n[nH]c3cc(F)ccc23)CC1)c1ccc(F)cc1. The summed E-state index contributed by atoms with van der Waals surface area (Å²) in [4.78, 5) is 28.7. The Morgan fingerprint density at radius 2 is 1.60 bits per heavy atom. The predicted molar refractivity (Wildman–Crippen MR) is 110 cm³/mol. The smallest absolute Gasteiger partial charge is 0.275 e. The monoisotopic (exact) mass is 414 g/mol. The third kappa shape index (κ3) is 4.71. The molecule has 8 heteroatoms. The fraction of sp³-hybridized carbons (Fsp3) is 0.318. The molecule has 2 aromatic carbocycles. The van der Waals surface area contributed by atoms with Gasteiger partial charge in [-0.25, -0.2) is 8.78 Å². The van der Waals surface area contributed by atoms with E-state index in [9.17, 15) is 18.4 Å². The minimum atomic E-state index is -0.394. The maximum absolute atomic E-state index is 13.3. The molecule has 1 saturated heterocycles. The number of halogens is 2. The zero-order chi connectivity index (χ0) is 21.7. The minimum absolute atomic E-state index is 0.0832. The summed E-state index contributed by atoms with van der Waals surface area (Å²) in [6.07, 6.45) is 0. The second kappa shape index (κ2) is 9.58. The number of rotatable bonds is 4. The zero-order valence-electron chi connectivity index (χ0n) is 17.0. The Bertz CT molecular complexity index is 1030. The van der Waals surface area contributed by atoms with E-state index in [0.717, 1.165) is 0 Å². The predicted octanol–water partition coefficient (Wildman–Crippen LogP) is 3.51. The second-order valence-electron chi connectivity index (χ2n) is 6.76. The lowest BCUT2D eigenvalue weighted by atomic mass is 10.1. The molecular formula is C22H24F2N4O2. The third-order valence-corrected chi connectivity index (χ3v) is 4.92. The number of fused-ring (bicyclic) bond motifs is 1. The highest BCUT2D eigenvalue weighted by Gasteiger charge is 2.26. The van der Waals surface area contributed by atoms with Crippen molar-refractivity contribution in [1.82, 2.24) is 20.0 Å². The van der Waals surface area contributed by atoms with Gasteiger partial charge in [0, 0.05) is 37.1 Å². The van der Waals surface area contributed by atoms with Gasteiger partial charge in [-0.15, -0.1) is 0 Å². The highest BCUT2D eigenvalue weighted by atomic mass is 19.1. The second-order valence-corrected chi connectivity index (χ2v) is 6.76. The minimum Gasteiger partial charge on any atom is -0.335 e. The van der Waals surface area contributed by atoms with Gasteiger partial charge < -0.3 is 4.90 Å². The fourth-order valence-corrected chi connectivity index (χ4v) is 3.34. The number of carbonyl (C=O) groups excluding carboxylic acids is 2. The summed E-state index contributed by atoms with van der Waals surface area (Å²) in [5.74, 6) is -1.07. The number of Topliss-reactive ketones (excluding diaryl/α,β-unsaturated/α-hetero) is 1. The van der Waals surface area contributed by atoms with Gasteiger partial charge in [-0.3, -0.25) is 19.6 Å². The standard InChI is InChI=1S/C20H18F2N4O2.C2H6/c21-14-3-1-13(2-4-14)18(27)12-25-7-9-26(10-8-25)20(28)19-16-6-5-15(22)11-17(16)23-24-19;1-2/h1-6,11H,7-10,12H2,(H,23,24);1-2H3. The van der Waals surface area contributed by atoms with Crippen molar-refractivity contribution in [3.63, 3.8) is 0 Å². The zero-order valence-corrected chi connectivity index (χ0v) is 17.0. The molecule has 1 aliphatic heterocycles. The maximum atomic E-state index is 13.3. The molecule has 1 amide bonds. The van der Waals surface area contributed by atoms with E-state index >= 15 is 0 Å². The van der Waals surface area contributed by atoms with Crippen molar-refractivity contribution in [2.45, 2.75) is 13.8 Å². The summed E-state index contributed by atoms with van der Waals surface area (Å²) in [5, 5.41) is 7.31. The van der Waals surface area contributed by atoms with Crippen molar-refractivity contribution in [3.05, 3.63) is 65.4 Å². The Labute approximate surface area is 173 Å². The molecule has 1 aromatic heterocycles. The average Bonchev–Trinajstić information content (AvgIpc) is 3.18. The van der Waals surface area contributed by atoms with Crippen LogP contribution >= 0.6 is 0 Å². The molecule has 4 rings (SSSR count). The summed E-state index contributed by atoms with van der Waals surface area (Å²) in [6, 6.07) is 9.63. The Balaban J connectivity index is 0.00000124. The van der Waals surface area contributed by atoms with Crippen LogP contribution < -0.4 is 0 Å². The summed E-state index contributed by atoms with van der Waals surface area (Å²) in [6.45, 7) is 6.25. The van der Waals surface area contributed by atoms with Crippen LogP contribution in [-0.2, 0) is 0 Å². The molecule has 158 valence electrons. The van der Waals surface area contributed by atoms with Crippen LogP contribution in [0.3, 0.4) is 0 Å². The molecule has 1 fully saturated rings. The molecule has 1 N–H and O–H groups in total. The highest BCUT2D eigenvalue weighted by Crippen LogP contribution is 2.19. The van der Waals surface area contributed by atoms with Gasteiger partial charge in [0.2, 0.25) is 0 Å². The van der Waals surface area contributed by atoms with Gasteiger partial charge >= 0.3 is 0 Å². The Morgan fingerprint density at radius 1 is 0.967 bits per heavy atom. The molecule has 0 radical (unpaired) electrons. The first-order valence-electron chi connectivity index (χ1n) is 9.95. The normalized spacial score (nSPS) is 14.3. The Hall–Kier alpha value is -3.13. The number of benzene rings is 2. The largest absolute Gasteiger partial charge is 0.335 e. The molecule has 0 atom stereocenters. The van der Waals surface area contributed by atoms with Crippen LogP contribution in [0.4, 0.5) is 8.78 Å². The molecule has 3 aromatic rings. The van der Waals surface area contributed by atoms with Crippen LogP contribution in [0, 0.1) is 11.6 Å².